The smallest absolute Gasteiger partial charge is 0.319 e. The van der Waals surface area contributed by atoms with E-state index in [1.807, 2.05) is 48.5 Å². The zero-order valence-corrected chi connectivity index (χ0v) is 19.6. The summed E-state index contributed by atoms with van der Waals surface area (Å²) in [5.74, 6) is 0.657. The summed E-state index contributed by atoms with van der Waals surface area (Å²) in [6.45, 7) is 3.54. The van der Waals surface area contributed by atoms with Gasteiger partial charge in [0, 0.05) is 13.1 Å². The number of carbonyl (C=O) groups excluding carboxylic acids is 1. The molecule has 0 bridgehead atoms. The highest BCUT2D eigenvalue weighted by Crippen LogP contribution is 2.31. The van der Waals surface area contributed by atoms with Crippen LogP contribution >= 0.6 is 0 Å². The monoisotopic (exact) mass is 445 g/mol. The van der Waals surface area contributed by atoms with Gasteiger partial charge in [0.25, 0.3) is 0 Å². The van der Waals surface area contributed by atoms with Crippen molar-refractivity contribution < 1.29 is 9.53 Å². The Labute approximate surface area is 197 Å². The van der Waals surface area contributed by atoms with E-state index < -0.39 is 0 Å². The Bertz CT molecular complexity index is 977. The zero-order chi connectivity index (χ0) is 23.3. The maximum atomic E-state index is 12.1. The molecule has 5 heteroatoms. The number of nitrogens with one attached hydrogen (secondary N) is 3. The maximum absolute atomic E-state index is 12.1. The molecule has 3 aromatic rings. The van der Waals surface area contributed by atoms with Gasteiger partial charge in [0.2, 0.25) is 0 Å². The van der Waals surface area contributed by atoms with Crippen molar-refractivity contribution in [2.75, 3.05) is 18.9 Å². The van der Waals surface area contributed by atoms with Gasteiger partial charge in [-0.3, -0.25) is 0 Å². The molecule has 3 rings (SSSR count). The predicted molar refractivity (Wildman–Crippen MR) is 136 cm³/mol. The molecular weight excluding hydrogens is 410 g/mol. The minimum atomic E-state index is -0.265. The Morgan fingerprint density at radius 1 is 0.939 bits per heavy atom. The first-order valence-electron chi connectivity index (χ1n) is 11.8. The van der Waals surface area contributed by atoms with Gasteiger partial charge in [0.05, 0.1) is 5.69 Å². The number of benzene rings is 3. The molecule has 0 aliphatic rings. The van der Waals surface area contributed by atoms with Crippen LogP contribution in [0.3, 0.4) is 0 Å². The highest BCUT2D eigenvalue weighted by atomic mass is 16.5. The summed E-state index contributed by atoms with van der Waals surface area (Å²) >= 11 is 0. The molecular formula is C28H35N3O2. The standard InChI is InChI=1S/C28H35N3O2/c1-3-4-15-25(30-19-18-22-11-7-5-8-12-22)24-16-17-27(26(20-24)31-28(32)29-2)33-21-23-13-9-6-10-14-23/h5-14,16-17,20,25,30H,3-4,15,18-19,21H2,1-2H3,(H2,29,31,32). The van der Waals surface area contributed by atoms with Gasteiger partial charge in [-0.1, -0.05) is 86.5 Å². The minimum absolute atomic E-state index is 0.210. The lowest BCUT2D eigenvalue weighted by molar-refractivity contribution is 0.253. The van der Waals surface area contributed by atoms with E-state index in [2.05, 4.69) is 53.2 Å². The van der Waals surface area contributed by atoms with Crippen molar-refractivity contribution in [3.8, 4) is 5.75 Å². The molecule has 2 amide bonds. The van der Waals surface area contributed by atoms with Crippen LogP contribution in [0.4, 0.5) is 10.5 Å². The number of hydrogen-bond donors (Lipinski definition) is 3. The normalized spacial score (nSPS) is 11.6. The Morgan fingerprint density at radius 2 is 1.64 bits per heavy atom. The molecule has 0 aliphatic heterocycles. The van der Waals surface area contributed by atoms with Crippen LogP contribution < -0.4 is 20.7 Å². The van der Waals surface area contributed by atoms with Gasteiger partial charge >= 0.3 is 6.03 Å². The number of unbranched alkanes of at least 4 members (excludes halogenated alkanes) is 1. The highest BCUT2D eigenvalue weighted by Gasteiger charge is 2.15. The SMILES string of the molecule is CCCCC(NCCc1ccccc1)c1ccc(OCc2ccccc2)c(NC(=O)NC)c1. The number of amides is 2. The van der Waals surface area contributed by atoms with E-state index in [-0.39, 0.29) is 12.1 Å². The fourth-order valence-corrected chi connectivity index (χ4v) is 3.74. The number of hydrogen-bond acceptors (Lipinski definition) is 3. The molecule has 1 atom stereocenters. The van der Waals surface area contributed by atoms with E-state index in [0.29, 0.717) is 18.0 Å². The molecule has 5 nitrogen and oxygen atoms in total. The van der Waals surface area contributed by atoms with Gasteiger partial charge in [0.1, 0.15) is 12.4 Å². The molecule has 0 aliphatic carbocycles. The van der Waals surface area contributed by atoms with Crippen molar-refractivity contribution in [1.82, 2.24) is 10.6 Å². The highest BCUT2D eigenvalue weighted by molar-refractivity contribution is 5.90. The second-order valence-electron chi connectivity index (χ2n) is 8.12. The third kappa shape index (κ3) is 7.95. The van der Waals surface area contributed by atoms with E-state index in [4.69, 9.17) is 4.74 Å². The number of carbonyl (C=O) groups is 1. The molecule has 0 fully saturated rings. The maximum Gasteiger partial charge on any atom is 0.319 e. The van der Waals surface area contributed by atoms with Crippen LogP contribution in [0, 0.1) is 0 Å². The molecule has 0 saturated heterocycles. The molecule has 0 radical (unpaired) electrons. The van der Waals surface area contributed by atoms with Gasteiger partial charge in [-0.15, -0.1) is 0 Å². The van der Waals surface area contributed by atoms with E-state index >= 15 is 0 Å². The second-order valence-corrected chi connectivity index (χ2v) is 8.12. The molecule has 3 N–H and O–H groups in total. The summed E-state index contributed by atoms with van der Waals surface area (Å²) in [6, 6.07) is 26.6. The van der Waals surface area contributed by atoms with Crippen LogP contribution in [0.15, 0.2) is 78.9 Å². The predicted octanol–water partition coefficient (Wildman–Crippen LogP) is 6.08. The number of anilines is 1. The summed E-state index contributed by atoms with van der Waals surface area (Å²) in [7, 11) is 1.61. The van der Waals surface area contributed by atoms with E-state index in [0.717, 1.165) is 43.4 Å². The van der Waals surface area contributed by atoms with Gasteiger partial charge in [-0.2, -0.15) is 0 Å². The molecule has 0 heterocycles. The van der Waals surface area contributed by atoms with E-state index in [1.54, 1.807) is 7.05 Å². The molecule has 174 valence electrons. The average molecular weight is 446 g/mol. The molecule has 1 unspecified atom stereocenters. The largest absolute Gasteiger partial charge is 0.487 e. The fraction of sp³-hybridized carbons (Fsp3) is 0.321. The van der Waals surface area contributed by atoms with Gasteiger partial charge < -0.3 is 20.7 Å². The fourth-order valence-electron chi connectivity index (χ4n) is 3.74. The third-order valence-corrected chi connectivity index (χ3v) is 5.61. The minimum Gasteiger partial charge on any atom is -0.487 e. The summed E-state index contributed by atoms with van der Waals surface area (Å²) in [5, 5.41) is 9.28. The summed E-state index contributed by atoms with van der Waals surface area (Å²) in [4.78, 5) is 12.1. The molecule has 3 aromatic carbocycles. The van der Waals surface area contributed by atoms with Gasteiger partial charge in [-0.25, -0.2) is 4.79 Å². The van der Waals surface area contributed by atoms with Gasteiger partial charge in [0.15, 0.2) is 0 Å². The van der Waals surface area contributed by atoms with Crippen LogP contribution in [0.1, 0.15) is 48.9 Å². The molecule has 0 spiro atoms. The summed E-state index contributed by atoms with van der Waals surface area (Å²) in [6.07, 6.45) is 4.28. The van der Waals surface area contributed by atoms with E-state index in [9.17, 15) is 4.79 Å². The Balaban J connectivity index is 1.75. The third-order valence-electron chi connectivity index (χ3n) is 5.61. The molecule has 0 aromatic heterocycles. The van der Waals surface area contributed by atoms with Crippen molar-refractivity contribution >= 4 is 11.7 Å². The van der Waals surface area contributed by atoms with Gasteiger partial charge in [-0.05, 0) is 48.2 Å². The lowest BCUT2D eigenvalue weighted by atomic mass is 9.99. The van der Waals surface area contributed by atoms with E-state index in [1.165, 1.54) is 5.56 Å². The lowest BCUT2D eigenvalue weighted by Crippen LogP contribution is -2.26. The topological polar surface area (TPSA) is 62.4 Å². The Hall–Kier alpha value is -3.31. The number of rotatable bonds is 12. The molecule has 33 heavy (non-hydrogen) atoms. The summed E-state index contributed by atoms with van der Waals surface area (Å²) in [5.41, 5.74) is 4.23. The van der Waals surface area contributed by atoms with Crippen LogP contribution in [0.2, 0.25) is 0 Å². The van der Waals surface area contributed by atoms with Crippen LogP contribution in [-0.2, 0) is 13.0 Å². The van der Waals surface area contributed by atoms with Crippen molar-refractivity contribution in [2.24, 2.45) is 0 Å². The van der Waals surface area contributed by atoms with Crippen molar-refractivity contribution in [3.63, 3.8) is 0 Å². The number of urea groups is 1. The Morgan fingerprint density at radius 3 is 2.30 bits per heavy atom. The summed E-state index contributed by atoms with van der Waals surface area (Å²) < 4.78 is 6.06. The molecule has 0 saturated carbocycles. The van der Waals surface area contributed by atoms with Crippen LogP contribution in [-0.4, -0.2) is 19.6 Å². The first-order chi connectivity index (χ1) is 16.2. The lowest BCUT2D eigenvalue weighted by Gasteiger charge is -2.21. The second kappa shape index (κ2) is 13.3. The first kappa shape index (κ1) is 24.3. The Kier molecular flexibility index (Phi) is 9.80. The zero-order valence-electron chi connectivity index (χ0n) is 19.6. The van der Waals surface area contributed by atoms with Crippen molar-refractivity contribution in [3.05, 3.63) is 95.6 Å². The van der Waals surface area contributed by atoms with Crippen molar-refractivity contribution in [1.29, 1.82) is 0 Å². The number of ether oxygens (including phenoxy) is 1. The quantitative estimate of drug-likeness (QED) is 0.317. The van der Waals surface area contributed by atoms with Crippen molar-refractivity contribution in [2.45, 2.75) is 45.3 Å². The van der Waals surface area contributed by atoms with Crippen LogP contribution in [0.5, 0.6) is 5.75 Å². The van der Waals surface area contributed by atoms with Crippen LogP contribution in [0.25, 0.3) is 0 Å². The average Bonchev–Trinajstić information content (AvgIpc) is 2.86. The first-order valence-corrected chi connectivity index (χ1v) is 11.8.